The molecule has 0 aromatic heterocycles. The molecule has 0 N–H and O–H groups in total. The standard InChI is InChI=1S/C14H8/c1-3-11-10-12(4-2)14-9-7-5-6-8-13(11)14/h1-2,5-10H. The first-order chi connectivity index (χ1) is 6.86. The summed E-state index contributed by atoms with van der Waals surface area (Å²) in [6, 6.07) is 11.7. The van der Waals surface area contributed by atoms with Gasteiger partial charge >= 0.3 is 0 Å². The van der Waals surface area contributed by atoms with Crippen molar-refractivity contribution in [3.05, 3.63) is 47.5 Å². The summed E-state index contributed by atoms with van der Waals surface area (Å²) in [5.41, 5.74) is 3.82. The highest BCUT2D eigenvalue weighted by molar-refractivity contribution is 5.80. The first-order valence-corrected chi connectivity index (χ1v) is 4.32. The van der Waals surface area contributed by atoms with E-state index in [-0.39, 0.29) is 0 Å². The van der Waals surface area contributed by atoms with Gasteiger partial charge in [0.15, 0.2) is 0 Å². The highest BCUT2D eigenvalue weighted by atomic mass is 14.1. The van der Waals surface area contributed by atoms with E-state index in [1.165, 1.54) is 0 Å². The third kappa shape index (κ3) is 1.15. The molecule has 0 aromatic rings. The molecule has 0 aliphatic heterocycles. The molecule has 0 unspecified atom stereocenters. The predicted octanol–water partition coefficient (Wildman–Crippen LogP) is 2.75. The van der Waals surface area contributed by atoms with Gasteiger partial charge in [0.2, 0.25) is 0 Å². The molecule has 0 bridgehead atoms. The second-order valence-corrected chi connectivity index (χ2v) is 3.00. The second-order valence-electron chi connectivity index (χ2n) is 3.00. The molecule has 0 heteroatoms. The van der Waals surface area contributed by atoms with Crippen LogP contribution in [0.4, 0.5) is 0 Å². The molecule has 0 saturated carbocycles. The van der Waals surface area contributed by atoms with Gasteiger partial charge in [-0.15, -0.1) is 12.8 Å². The Morgan fingerprint density at radius 3 is 1.71 bits per heavy atom. The summed E-state index contributed by atoms with van der Waals surface area (Å²) in [5.74, 6) is 5.29. The molecule has 0 amide bonds. The topological polar surface area (TPSA) is 0 Å². The van der Waals surface area contributed by atoms with Gasteiger partial charge in [0.05, 0.1) is 0 Å². The van der Waals surface area contributed by atoms with Crippen molar-refractivity contribution in [1.29, 1.82) is 0 Å². The normalized spacial score (nSPS) is 9.29. The fourth-order valence-electron chi connectivity index (χ4n) is 1.56. The quantitative estimate of drug-likeness (QED) is 0.541. The Hall–Kier alpha value is -2.18. The van der Waals surface area contributed by atoms with Gasteiger partial charge in [-0.25, -0.2) is 0 Å². The zero-order valence-electron chi connectivity index (χ0n) is 7.62. The van der Waals surface area contributed by atoms with Gasteiger partial charge in [0.25, 0.3) is 0 Å². The number of rotatable bonds is 0. The van der Waals surface area contributed by atoms with E-state index >= 15 is 0 Å². The molecule has 0 atom stereocenters. The van der Waals surface area contributed by atoms with Crippen LogP contribution in [0.25, 0.3) is 11.1 Å². The van der Waals surface area contributed by atoms with Crippen LogP contribution in [0.2, 0.25) is 0 Å². The molecule has 0 aromatic carbocycles. The fourth-order valence-corrected chi connectivity index (χ4v) is 1.56. The van der Waals surface area contributed by atoms with Crippen molar-refractivity contribution >= 4 is 0 Å². The lowest BCUT2D eigenvalue weighted by molar-refractivity contribution is 1.78. The van der Waals surface area contributed by atoms with E-state index in [1.54, 1.807) is 0 Å². The third-order valence-electron chi connectivity index (χ3n) is 2.22. The van der Waals surface area contributed by atoms with Crippen molar-refractivity contribution < 1.29 is 0 Å². The Balaban J connectivity index is 2.83. The molecule has 0 spiro atoms. The molecule has 0 heterocycles. The molecule has 2 rings (SSSR count). The number of hydrogen-bond donors (Lipinski definition) is 0. The third-order valence-corrected chi connectivity index (χ3v) is 2.22. The molecule has 64 valence electrons. The van der Waals surface area contributed by atoms with E-state index in [1.807, 2.05) is 36.4 Å². The lowest BCUT2D eigenvalue weighted by atomic mass is 10.1. The predicted molar refractivity (Wildman–Crippen MR) is 58.9 cm³/mol. The maximum atomic E-state index is 5.41. The van der Waals surface area contributed by atoms with Crippen LogP contribution in [0, 0.1) is 24.7 Å². The summed E-state index contributed by atoms with van der Waals surface area (Å²) >= 11 is 0. The first kappa shape index (κ1) is 8.42. The monoisotopic (exact) mass is 176 g/mol. The van der Waals surface area contributed by atoms with Gasteiger partial charge in [0, 0.05) is 11.1 Å². The van der Waals surface area contributed by atoms with Crippen LogP contribution in [0.15, 0.2) is 36.4 Å². The maximum Gasteiger partial charge on any atom is 0.0334 e. The van der Waals surface area contributed by atoms with Crippen LogP contribution in [-0.2, 0) is 0 Å². The Bertz CT molecular complexity index is 475. The van der Waals surface area contributed by atoms with Crippen molar-refractivity contribution in [3.63, 3.8) is 0 Å². The molecular formula is C14H8. The Morgan fingerprint density at radius 1 is 0.786 bits per heavy atom. The summed E-state index contributed by atoms with van der Waals surface area (Å²) in [7, 11) is 0. The molecule has 0 saturated heterocycles. The average Bonchev–Trinajstić information content (AvgIpc) is 2.39. The van der Waals surface area contributed by atoms with E-state index in [4.69, 9.17) is 12.8 Å². The van der Waals surface area contributed by atoms with Gasteiger partial charge in [-0.3, -0.25) is 0 Å². The minimum atomic E-state index is 0.865. The summed E-state index contributed by atoms with van der Waals surface area (Å²) in [5, 5.41) is 0. The molecule has 2 aliphatic rings. The molecule has 2 aliphatic carbocycles. The Morgan fingerprint density at radius 2 is 1.29 bits per heavy atom. The zero-order chi connectivity index (χ0) is 9.97. The minimum absolute atomic E-state index is 0.865. The van der Waals surface area contributed by atoms with E-state index in [0.717, 1.165) is 22.3 Å². The molecule has 0 nitrogen and oxygen atoms in total. The van der Waals surface area contributed by atoms with Crippen LogP contribution in [0.5, 0.6) is 0 Å². The first-order valence-electron chi connectivity index (χ1n) is 4.32. The van der Waals surface area contributed by atoms with Crippen LogP contribution in [-0.4, -0.2) is 0 Å². The highest BCUT2D eigenvalue weighted by Gasteiger charge is 2.10. The summed E-state index contributed by atoms with van der Waals surface area (Å²) in [6.07, 6.45) is 10.8. The van der Waals surface area contributed by atoms with E-state index < -0.39 is 0 Å². The lowest BCUT2D eigenvalue weighted by Gasteiger charge is -1.93. The number of terminal acetylenes is 2. The molecular weight excluding hydrogens is 168 g/mol. The van der Waals surface area contributed by atoms with E-state index in [0.29, 0.717) is 0 Å². The van der Waals surface area contributed by atoms with Crippen molar-refractivity contribution in [2.75, 3.05) is 0 Å². The van der Waals surface area contributed by atoms with Crippen molar-refractivity contribution in [3.8, 4) is 35.8 Å². The number of hydrogen-bond acceptors (Lipinski definition) is 0. The van der Waals surface area contributed by atoms with Crippen LogP contribution >= 0.6 is 0 Å². The van der Waals surface area contributed by atoms with Crippen LogP contribution < -0.4 is 0 Å². The van der Waals surface area contributed by atoms with Crippen molar-refractivity contribution in [2.45, 2.75) is 0 Å². The van der Waals surface area contributed by atoms with Crippen molar-refractivity contribution in [2.24, 2.45) is 0 Å². The largest absolute Gasteiger partial charge is 0.115 e. The van der Waals surface area contributed by atoms with Gasteiger partial charge in [0.1, 0.15) is 0 Å². The average molecular weight is 176 g/mol. The van der Waals surface area contributed by atoms with Gasteiger partial charge < -0.3 is 0 Å². The zero-order valence-corrected chi connectivity index (χ0v) is 7.62. The molecule has 14 heavy (non-hydrogen) atoms. The lowest BCUT2D eigenvalue weighted by Crippen LogP contribution is -1.72. The van der Waals surface area contributed by atoms with Gasteiger partial charge in [-0.2, -0.15) is 0 Å². The van der Waals surface area contributed by atoms with Gasteiger partial charge in [-0.05, 0) is 17.2 Å². The summed E-state index contributed by atoms with van der Waals surface area (Å²) in [6.45, 7) is 0. The summed E-state index contributed by atoms with van der Waals surface area (Å²) < 4.78 is 0. The number of fused-ring (bicyclic) bond motifs is 1. The van der Waals surface area contributed by atoms with Crippen molar-refractivity contribution in [1.82, 2.24) is 0 Å². The Labute approximate surface area is 83.9 Å². The SMILES string of the molecule is C#Cc1cc(C#C)c2cccccc1-2. The highest BCUT2D eigenvalue weighted by Crippen LogP contribution is 2.30. The van der Waals surface area contributed by atoms with Gasteiger partial charge in [-0.1, -0.05) is 42.2 Å². The van der Waals surface area contributed by atoms with E-state index in [9.17, 15) is 0 Å². The fraction of sp³-hybridized carbons (Fsp3) is 0. The second kappa shape index (κ2) is 3.29. The summed E-state index contributed by atoms with van der Waals surface area (Å²) in [4.78, 5) is 0. The minimum Gasteiger partial charge on any atom is -0.115 e. The molecule has 0 radical (unpaired) electrons. The smallest absolute Gasteiger partial charge is 0.0334 e. The Kier molecular flexibility index (Phi) is 1.98. The van der Waals surface area contributed by atoms with Crippen LogP contribution in [0.3, 0.4) is 0 Å². The van der Waals surface area contributed by atoms with Crippen LogP contribution in [0.1, 0.15) is 11.1 Å². The maximum absolute atomic E-state index is 5.41. The van der Waals surface area contributed by atoms with E-state index in [2.05, 4.69) is 11.8 Å². The molecule has 0 fully saturated rings.